The van der Waals surface area contributed by atoms with Crippen molar-refractivity contribution < 1.29 is 23.0 Å². The highest BCUT2D eigenvalue weighted by molar-refractivity contribution is 6.00. The molecule has 0 aromatic heterocycles. The van der Waals surface area contributed by atoms with E-state index in [0.717, 1.165) is 25.0 Å². The van der Waals surface area contributed by atoms with Crippen LogP contribution in [0.1, 0.15) is 36.0 Å². The van der Waals surface area contributed by atoms with Gasteiger partial charge in [0.25, 0.3) is 0 Å². The molecule has 108 valence electrons. The lowest BCUT2D eigenvalue weighted by atomic mass is 9.87. The molecule has 3 rings (SSSR count). The fourth-order valence-electron chi connectivity index (χ4n) is 3.18. The number of fused-ring (bicyclic) bond motifs is 2. The quantitative estimate of drug-likeness (QED) is 0.799. The Hall–Kier alpha value is -1.49. The minimum absolute atomic E-state index is 0.0905. The molecule has 20 heavy (non-hydrogen) atoms. The number of rotatable bonds is 3. The molecule has 2 bridgehead atoms. The summed E-state index contributed by atoms with van der Waals surface area (Å²) in [6.07, 6.45) is 3.50. The minimum Gasteiger partial charge on any atom is -0.496 e. The Morgan fingerprint density at radius 1 is 1.20 bits per heavy atom. The van der Waals surface area contributed by atoms with Crippen molar-refractivity contribution >= 4 is 5.78 Å². The summed E-state index contributed by atoms with van der Waals surface area (Å²) in [4.78, 5) is 12.5. The van der Waals surface area contributed by atoms with Crippen molar-refractivity contribution in [3.05, 3.63) is 29.3 Å². The largest absolute Gasteiger partial charge is 0.496 e. The second kappa shape index (κ2) is 5.13. The molecule has 2 unspecified atom stereocenters. The first-order chi connectivity index (χ1) is 9.58. The van der Waals surface area contributed by atoms with E-state index < -0.39 is 11.6 Å². The van der Waals surface area contributed by atoms with Gasteiger partial charge in [0.2, 0.25) is 0 Å². The molecule has 2 atom stereocenters. The fourth-order valence-corrected chi connectivity index (χ4v) is 3.18. The van der Waals surface area contributed by atoms with Gasteiger partial charge in [0.05, 0.1) is 24.9 Å². The molecule has 2 saturated heterocycles. The Morgan fingerprint density at radius 2 is 1.80 bits per heavy atom. The molecule has 0 aliphatic carbocycles. The van der Waals surface area contributed by atoms with Crippen LogP contribution in [0.15, 0.2) is 12.1 Å². The minimum atomic E-state index is -1.02. The number of ether oxygens (including phenoxy) is 2. The summed E-state index contributed by atoms with van der Waals surface area (Å²) in [5.74, 6) is -2.32. The van der Waals surface area contributed by atoms with Gasteiger partial charge < -0.3 is 9.47 Å². The number of halogens is 2. The molecule has 2 fully saturated rings. The number of methoxy groups -OCH3 is 1. The molecule has 1 aromatic rings. The van der Waals surface area contributed by atoms with E-state index in [9.17, 15) is 13.6 Å². The Kier molecular flexibility index (Phi) is 3.46. The van der Waals surface area contributed by atoms with Crippen LogP contribution in [0.3, 0.4) is 0 Å². The molecule has 1 aromatic carbocycles. The summed E-state index contributed by atoms with van der Waals surface area (Å²) >= 11 is 0. The Morgan fingerprint density at radius 3 is 2.40 bits per heavy atom. The van der Waals surface area contributed by atoms with Crippen LogP contribution in [-0.4, -0.2) is 25.1 Å². The second-order valence-corrected chi connectivity index (χ2v) is 5.46. The molecule has 0 spiro atoms. The first-order valence-corrected chi connectivity index (χ1v) is 6.81. The van der Waals surface area contributed by atoms with Gasteiger partial charge >= 0.3 is 0 Å². The van der Waals surface area contributed by atoms with Gasteiger partial charge in [-0.25, -0.2) is 8.78 Å². The lowest BCUT2D eigenvalue weighted by Crippen LogP contribution is -2.30. The highest BCUT2D eigenvalue weighted by Gasteiger charge is 2.39. The summed E-state index contributed by atoms with van der Waals surface area (Å²) in [5, 5.41) is 0. The van der Waals surface area contributed by atoms with Crippen molar-refractivity contribution in [3.8, 4) is 5.75 Å². The predicted molar refractivity (Wildman–Crippen MR) is 67.9 cm³/mol. The molecule has 2 aliphatic heterocycles. The summed E-state index contributed by atoms with van der Waals surface area (Å²) < 4.78 is 37.3. The number of hydrogen-bond acceptors (Lipinski definition) is 3. The van der Waals surface area contributed by atoms with E-state index >= 15 is 0 Å². The van der Waals surface area contributed by atoms with E-state index in [1.165, 1.54) is 7.11 Å². The van der Waals surface area contributed by atoms with Crippen molar-refractivity contribution in [2.45, 2.75) is 37.9 Å². The van der Waals surface area contributed by atoms with E-state index in [2.05, 4.69) is 0 Å². The fraction of sp³-hybridized carbons (Fsp3) is 0.533. The Labute approximate surface area is 115 Å². The van der Waals surface area contributed by atoms with Crippen LogP contribution in [0, 0.1) is 17.6 Å². The van der Waals surface area contributed by atoms with Crippen LogP contribution in [0.2, 0.25) is 0 Å². The topological polar surface area (TPSA) is 35.5 Å². The van der Waals surface area contributed by atoms with Crippen molar-refractivity contribution in [3.63, 3.8) is 0 Å². The summed E-state index contributed by atoms with van der Waals surface area (Å²) in [6.45, 7) is 0. The third-order valence-electron chi connectivity index (χ3n) is 4.17. The van der Waals surface area contributed by atoms with E-state index in [-0.39, 0.29) is 35.2 Å². The number of carbonyl (C=O) groups is 1. The maximum absolute atomic E-state index is 13.4. The van der Waals surface area contributed by atoms with Gasteiger partial charge in [-0.15, -0.1) is 0 Å². The zero-order valence-electron chi connectivity index (χ0n) is 11.2. The average Bonchev–Trinajstić information content (AvgIpc) is 2.79. The smallest absolute Gasteiger partial charge is 0.169 e. The van der Waals surface area contributed by atoms with Crippen LogP contribution in [0.5, 0.6) is 5.75 Å². The first-order valence-electron chi connectivity index (χ1n) is 6.81. The van der Waals surface area contributed by atoms with Crippen LogP contribution in [-0.2, 0) is 4.74 Å². The van der Waals surface area contributed by atoms with Gasteiger partial charge in [0.15, 0.2) is 17.4 Å². The van der Waals surface area contributed by atoms with Crippen molar-refractivity contribution in [2.75, 3.05) is 7.11 Å². The molecular formula is C15H16F2O3. The molecule has 2 heterocycles. The number of hydrogen-bond donors (Lipinski definition) is 0. The average molecular weight is 282 g/mol. The summed E-state index contributed by atoms with van der Waals surface area (Å²) in [5.41, 5.74) is 0.123. The van der Waals surface area contributed by atoms with Crippen molar-refractivity contribution in [1.29, 1.82) is 0 Å². The maximum atomic E-state index is 13.4. The molecule has 3 nitrogen and oxygen atoms in total. The van der Waals surface area contributed by atoms with Gasteiger partial charge in [-0.05, 0) is 31.7 Å². The summed E-state index contributed by atoms with van der Waals surface area (Å²) in [7, 11) is 1.34. The number of carbonyl (C=O) groups excluding carboxylic acids is 1. The third kappa shape index (κ3) is 2.30. The standard InChI is InChI=1S/C15H16F2O3/c1-19-14-7-13(17)12(16)6-11(14)15(18)8-4-9-2-3-10(5-8)20-9/h6-10H,2-5H2,1H3. The monoisotopic (exact) mass is 282 g/mol. The van der Waals surface area contributed by atoms with Crippen LogP contribution >= 0.6 is 0 Å². The molecule has 5 heteroatoms. The zero-order valence-corrected chi connectivity index (χ0v) is 11.2. The Bertz CT molecular complexity index is 532. The molecule has 0 saturated carbocycles. The lowest BCUT2D eigenvalue weighted by Gasteiger charge is -2.27. The van der Waals surface area contributed by atoms with Gasteiger partial charge in [-0.2, -0.15) is 0 Å². The number of ketones is 1. The Balaban J connectivity index is 1.88. The zero-order chi connectivity index (χ0) is 14.3. The summed E-state index contributed by atoms with van der Waals surface area (Å²) in [6, 6.07) is 1.87. The molecule has 2 aliphatic rings. The van der Waals surface area contributed by atoms with Crippen LogP contribution in [0.25, 0.3) is 0 Å². The highest BCUT2D eigenvalue weighted by Crippen LogP contribution is 2.38. The van der Waals surface area contributed by atoms with Gasteiger partial charge in [0.1, 0.15) is 5.75 Å². The highest BCUT2D eigenvalue weighted by atomic mass is 19.2. The molecule has 0 N–H and O–H groups in total. The van der Waals surface area contributed by atoms with E-state index in [1.54, 1.807) is 0 Å². The second-order valence-electron chi connectivity index (χ2n) is 5.46. The van der Waals surface area contributed by atoms with Crippen molar-refractivity contribution in [2.24, 2.45) is 5.92 Å². The molecule has 0 radical (unpaired) electrons. The first kappa shape index (κ1) is 13.5. The van der Waals surface area contributed by atoms with E-state index in [1.807, 2.05) is 0 Å². The molecular weight excluding hydrogens is 266 g/mol. The predicted octanol–water partition coefficient (Wildman–Crippen LogP) is 3.11. The van der Waals surface area contributed by atoms with E-state index in [4.69, 9.17) is 9.47 Å². The number of Topliss-reactive ketones (excluding diaryl/α,β-unsaturated/α-hetero) is 1. The van der Waals surface area contributed by atoms with Crippen molar-refractivity contribution in [1.82, 2.24) is 0 Å². The van der Waals surface area contributed by atoms with E-state index in [0.29, 0.717) is 12.8 Å². The van der Waals surface area contributed by atoms with Gasteiger partial charge in [0, 0.05) is 12.0 Å². The molecule has 0 amide bonds. The SMILES string of the molecule is COc1cc(F)c(F)cc1C(=O)C1CC2CCC(C1)O2. The maximum Gasteiger partial charge on any atom is 0.169 e. The lowest BCUT2D eigenvalue weighted by molar-refractivity contribution is -0.0149. The van der Waals surface area contributed by atoms with Gasteiger partial charge in [-0.3, -0.25) is 4.79 Å². The van der Waals surface area contributed by atoms with Crippen LogP contribution < -0.4 is 4.74 Å². The third-order valence-corrected chi connectivity index (χ3v) is 4.17. The van der Waals surface area contributed by atoms with Crippen LogP contribution in [0.4, 0.5) is 8.78 Å². The normalized spacial score (nSPS) is 28.4. The number of benzene rings is 1. The van der Waals surface area contributed by atoms with Gasteiger partial charge in [-0.1, -0.05) is 0 Å².